The summed E-state index contributed by atoms with van der Waals surface area (Å²) < 4.78 is 0. The quantitative estimate of drug-likeness (QED) is 0.825. The van der Waals surface area contributed by atoms with Gasteiger partial charge in [-0.3, -0.25) is 4.79 Å². The van der Waals surface area contributed by atoms with Crippen LogP contribution in [-0.4, -0.2) is 35.1 Å². The van der Waals surface area contributed by atoms with E-state index in [4.69, 9.17) is 5.11 Å². The maximum atomic E-state index is 10.7. The molecule has 1 heterocycles. The van der Waals surface area contributed by atoms with Crippen LogP contribution < -0.4 is 0 Å². The van der Waals surface area contributed by atoms with Crippen LogP contribution in [0.2, 0.25) is 0 Å². The lowest BCUT2D eigenvalue weighted by Gasteiger charge is -2.21. The number of hydrogen-bond donors (Lipinski definition) is 1. The number of aromatic nitrogens is 1. The Labute approximate surface area is 87.2 Å². The molecule has 0 radical (unpaired) electrons. The predicted octanol–water partition coefficient (Wildman–Crippen LogP) is 1.53. The molecular weight excluding hydrogens is 200 g/mol. The molecule has 1 atom stereocenters. The van der Waals surface area contributed by atoms with Crippen LogP contribution in [0.5, 0.6) is 0 Å². The molecule has 1 N–H and O–H groups in total. The highest BCUT2D eigenvalue weighted by Crippen LogP contribution is 2.27. The molecule has 0 aliphatic heterocycles. The highest BCUT2D eigenvalue weighted by Gasteiger charge is 2.21. The molecule has 1 aromatic heterocycles. The zero-order valence-electron chi connectivity index (χ0n) is 8.52. The first-order valence-electron chi connectivity index (χ1n) is 4.30. The van der Waals surface area contributed by atoms with E-state index < -0.39 is 5.97 Å². The van der Waals surface area contributed by atoms with Crippen molar-refractivity contribution >= 4 is 17.3 Å². The Morgan fingerprint density at radius 2 is 2.36 bits per heavy atom. The topological polar surface area (TPSA) is 53.4 Å². The minimum Gasteiger partial charge on any atom is -0.481 e. The zero-order chi connectivity index (χ0) is 10.7. The largest absolute Gasteiger partial charge is 0.481 e. The minimum absolute atomic E-state index is 0.0694. The summed E-state index contributed by atoms with van der Waals surface area (Å²) in [6, 6.07) is -0.0694. The summed E-state index contributed by atoms with van der Waals surface area (Å²) >= 11 is 1.51. The summed E-state index contributed by atoms with van der Waals surface area (Å²) in [5, 5.41) is 8.78. The third-order valence-corrected chi connectivity index (χ3v) is 3.11. The van der Waals surface area contributed by atoms with E-state index in [1.54, 1.807) is 5.51 Å². The first-order valence-corrected chi connectivity index (χ1v) is 5.18. The number of thiazole rings is 1. The molecule has 1 unspecified atom stereocenters. The van der Waals surface area contributed by atoms with E-state index in [0.29, 0.717) is 0 Å². The monoisotopic (exact) mass is 214 g/mol. The number of hydrogen-bond acceptors (Lipinski definition) is 4. The maximum Gasteiger partial charge on any atom is 0.305 e. The number of carboxylic acids is 1. The van der Waals surface area contributed by atoms with Crippen LogP contribution in [0.3, 0.4) is 0 Å². The molecule has 0 fully saturated rings. The number of aliphatic carboxylic acids is 1. The van der Waals surface area contributed by atoms with Gasteiger partial charge in [-0.25, -0.2) is 4.98 Å². The van der Waals surface area contributed by atoms with Gasteiger partial charge in [0.25, 0.3) is 0 Å². The Hall–Kier alpha value is -0.940. The van der Waals surface area contributed by atoms with Gasteiger partial charge in [-0.2, -0.15) is 0 Å². The molecule has 5 heteroatoms. The Kier molecular flexibility index (Phi) is 3.60. The second-order valence-electron chi connectivity index (χ2n) is 3.38. The molecule has 0 amide bonds. The van der Waals surface area contributed by atoms with Crippen LogP contribution in [0.1, 0.15) is 23.0 Å². The average molecular weight is 214 g/mol. The van der Waals surface area contributed by atoms with Crippen LogP contribution in [0.15, 0.2) is 5.51 Å². The van der Waals surface area contributed by atoms with Crippen LogP contribution >= 0.6 is 11.3 Å². The molecule has 0 aliphatic rings. The predicted molar refractivity (Wildman–Crippen MR) is 55.5 cm³/mol. The lowest BCUT2D eigenvalue weighted by molar-refractivity contribution is -0.138. The summed E-state index contributed by atoms with van der Waals surface area (Å²) in [7, 11) is 3.76. The lowest BCUT2D eigenvalue weighted by Crippen LogP contribution is -2.22. The molecule has 0 saturated heterocycles. The summed E-state index contributed by atoms with van der Waals surface area (Å²) in [5.41, 5.74) is 2.68. The number of carbonyl (C=O) groups is 1. The number of carboxylic acid groups (broad SMARTS) is 1. The Morgan fingerprint density at radius 3 is 2.71 bits per heavy atom. The van der Waals surface area contributed by atoms with E-state index >= 15 is 0 Å². The van der Waals surface area contributed by atoms with Crippen LogP contribution in [0.25, 0.3) is 0 Å². The summed E-state index contributed by atoms with van der Waals surface area (Å²) in [6.45, 7) is 1.91. The summed E-state index contributed by atoms with van der Waals surface area (Å²) in [5.74, 6) is -0.781. The van der Waals surface area contributed by atoms with Gasteiger partial charge in [0, 0.05) is 4.88 Å². The molecule has 1 aromatic rings. The molecule has 0 aliphatic carbocycles. The van der Waals surface area contributed by atoms with E-state index in [2.05, 4.69) is 4.98 Å². The van der Waals surface area contributed by atoms with Crippen molar-refractivity contribution < 1.29 is 9.90 Å². The first kappa shape index (κ1) is 11.1. The third kappa shape index (κ3) is 2.52. The smallest absolute Gasteiger partial charge is 0.305 e. The van der Waals surface area contributed by atoms with E-state index in [1.807, 2.05) is 25.9 Å². The van der Waals surface area contributed by atoms with Crippen molar-refractivity contribution in [2.24, 2.45) is 0 Å². The van der Waals surface area contributed by atoms with Crippen molar-refractivity contribution in [3.05, 3.63) is 16.1 Å². The number of rotatable bonds is 4. The van der Waals surface area contributed by atoms with Gasteiger partial charge in [0.1, 0.15) is 0 Å². The minimum atomic E-state index is -0.781. The SMILES string of the molecule is Cc1ncsc1C(CC(=O)O)N(C)C. The van der Waals surface area contributed by atoms with E-state index in [1.165, 1.54) is 11.3 Å². The summed E-state index contributed by atoms with van der Waals surface area (Å²) in [6.07, 6.45) is 0.121. The summed E-state index contributed by atoms with van der Waals surface area (Å²) in [4.78, 5) is 17.8. The van der Waals surface area contributed by atoms with Crippen molar-refractivity contribution in [3.63, 3.8) is 0 Å². The molecule has 78 valence electrons. The fourth-order valence-electron chi connectivity index (χ4n) is 1.31. The van der Waals surface area contributed by atoms with Crippen molar-refractivity contribution in [2.45, 2.75) is 19.4 Å². The van der Waals surface area contributed by atoms with Gasteiger partial charge >= 0.3 is 5.97 Å². The van der Waals surface area contributed by atoms with Crippen LogP contribution in [-0.2, 0) is 4.79 Å². The maximum absolute atomic E-state index is 10.7. The number of aryl methyl sites for hydroxylation is 1. The van der Waals surface area contributed by atoms with Gasteiger partial charge in [0.2, 0.25) is 0 Å². The molecule has 0 spiro atoms. The standard InChI is InChI=1S/C9H14N2O2S/c1-6-9(14-5-10-6)7(11(2)3)4-8(12)13/h5,7H,4H2,1-3H3,(H,12,13). The van der Waals surface area contributed by atoms with Crippen LogP contribution in [0, 0.1) is 6.92 Å². The molecule has 0 saturated carbocycles. The van der Waals surface area contributed by atoms with E-state index in [-0.39, 0.29) is 12.5 Å². The molecule has 4 nitrogen and oxygen atoms in total. The van der Waals surface area contributed by atoms with Gasteiger partial charge < -0.3 is 10.0 Å². The second-order valence-corrected chi connectivity index (χ2v) is 4.27. The van der Waals surface area contributed by atoms with Gasteiger partial charge in [0.05, 0.1) is 23.7 Å². The lowest BCUT2D eigenvalue weighted by atomic mass is 10.1. The van der Waals surface area contributed by atoms with Crippen molar-refractivity contribution in [1.29, 1.82) is 0 Å². The second kappa shape index (κ2) is 4.52. The fraction of sp³-hybridized carbons (Fsp3) is 0.556. The molecule has 0 bridgehead atoms. The third-order valence-electron chi connectivity index (χ3n) is 2.08. The number of nitrogens with zero attached hydrogens (tertiary/aromatic N) is 2. The zero-order valence-corrected chi connectivity index (χ0v) is 9.34. The fourth-order valence-corrected chi connectivity index (χ4v) is 2.30. The average Bonchev–Trinajstić information content (AvgIpc) is 2.46. The Balaban J connectivity index is 2.88. The molecule has 0 aromatic carbocycles. The van der Waals surface area contributed by atoms with Crippen molar-refractivity contribution in [3.8, 4) is 0 Å². The Morgan fingerprint density at radius 1 is 1.71 bits per heavy atom. The van der Waals surface area contributed by atoms with Gasteiger partial charge in [-0.05, 0) is 21.0 Å². The van der Waals surface area contributed by atoms with Gasteiger partial charge in [0.15, 0.2) is 0 Å². The van der Waals surface area contributed by atoms with Crippen molar-refractivity contribution in [2.75, 3.05) is 14.1 Å². The first-order chi connectivity index (χ1) is 6.52. The molecule has 14 heavy (non-hydrogen) atoms. The normalized spacial score (nSPS) is 13.1. The van der Waals surface area contributed by atoms with E-state index in [0.717, 1.165) is 10.6 Å². The highest BCUT2D eigenvalue weighted by atomic mass is 32.1. The Bertz CT molecular complexity index is 322. The van der Waals surface area contributed by atoms with Gasteiger partial charge in [-0.1, -0.05) is 0 Å². The molecular formula is C9H14N2O2S. The van der Waals surface area contributed by atoms with Gasteiger partial charge in [-0.15, -0.1) is 11.3 Å². The van der Waals surface area contributed by atoms with Crippen molar-refractivity contribution in [1.82, 2.24) is 9.88 Å². The van der Waals surface area contributed by atoms with E-state index in [9.17, 15) is 4.79 Å². The molecule has 1 rings (SSSR count). The van der Waals surface area contributed by atoms with Crippen LogP contribution in [0.4, 0.5) is 0 Å². The highest BCUT2D eigenvalue weighted by molar-refractivity contribution is 7.09.